The summed E-state index contributed by atoms with van der Waals surface area (Å²) < 4.78 is 0. The van der Waals surface area contributed by atoms with E-state index in [1.807, 2.05) is 58.2 Å². The van der Waals surface area contributed by atoms with Crippen molar-refractivity contribution in [2.24, 2.45) is 28.2 Å². The highest BCUT2D eigenvalue weighted by Gasteiger charge is 2.53. The van der Waals surface area contributed by atoms with Gasteiger partial charge < -0.3 is 4.90 Å². The Labute approximate surface area is 220 Å². The van der Waals surface area contributed by atoms with Crippen LogP contribution in [0.25, 0.3) is 0 Å². The van der Waals surface area contributed by atoms with Crippen molar-refractivity contribution in [1.82, 2.24) is 20.8 Å². The number of ketones is 1. The molecule has 1 aliphatic rings. The van der Waals surface area contributed by atoms with E-state index in [1.54, 1.807) is 21.7 Å². The minimum Gasteiger partial charge on any atom is -0.345 e. The van der Waals surface area contributed by atoms with Crippen LogP contribution in [0.4, 0.5) is 0 Å². The van der Waals surface area contributed by atoms with E-state index in [4.69, 9.17) is 5.84 Å². The van der Waals surface area contributed by atoms with Crippen LogP contribution in [0.3, 0.4) is 0 Å². The van der Waals surface area contributed by atoms with E-state index in [9.17, 15) is 19.6 Å². The molecule has 2 rings (SSSR count). The topological polar surface area (TPSA) is 140 Å². The van der Waals surface area contributed by atoms with Crippen LogP contribution in [0.1, 0.15) is 71.3 Å². The van der Waals surface area contributed by atoms with Crippen LogP contribution in [0, 0.1) is 17.3 Å². The zero-order valence-electron chi connectivity index (χ0n) is 22.7. The SMILES string of the molecule is CCCC(CC(CC)CC)(C(=O)NN)C(=O)[C@@H]([C@H](CCCc1ccccc1)C(=O)NO)N1CN(C)C=N1. The fourth-order valence-corrected chi connectivity index (χ4v) is 5.39. The minimum absolute atomic E-state index is 0.126. The largest absolute Gasteiger partial charge is 0.345 e. The van der Waals surface area contributed by atoms with Crippen LogP contribution in [0.15, 0.2) is 35.4 Å². The third-order valence-corrected chi connectivity index (χ3v) is 7.51. The average Bonchev–Trinajstić information content (AvgIpc) is 3.35. The smallest absolute Gasteiger partial charge is 0.249 e. The molecule has 5 N–H and O–H groups in total. The number of nitrogens with two attached hydrogens (primary N) is 1. The van der Waals surface area contributed by atoms with Crippen molar-refractivity contribution in [3.05, 3.63) is 35.9 Å². The lowest BCUT2D eigenvalue weighted by atomic mass is 9.67. The Morgan fingerprint density at radius 1 is 1.16 bits per heavy atom. The summed E-state index contributed by atoms with van der Waals surface area (Å²) in [5.74, 6) is 3.25. The molecule has 206 valence electrons. The third kappa shape index (κ3) is 7.52. The Balaban J connectivity index is 2.52. The molecule has 3 atom stereocenters. The summed E-state index contributed by atoms with van der Waals surface area (Å²) in [6.45, 7) is 6.28. The van der Waals surface area contributed by atoms with Crippen molar-refractivity contribution < 1.29 is 19.6 Å². The molecule has 0 aliphatic carbocycles. The number of carbonyl (C=O) groups excluding carboxylic acids is 3. The van der Waals surface area contributed by atoms with Gasteiger partial charge in [-0.3, -0.25) is 30.0 Å². The first kappa shape index (κ1) is 30.2. The van der Waals surface area contributed by atoms with Gasteiger partial charge in [-0.05, 0) is 43.6 Å². The van der Waals surface area contributed by atoms with E-state index < -0.39 is 29.2 Å². The maximum absolute atomic E-state index is 14.6. The second-order valence-corrected chi connectivity index (χ2v) is 10.0. The molecule has 1 heterocycles. The second kappa shape index (κ2) is 14.7. The van der Waals surface area contributed by atoms with Crippen molar-refractivity contribution in [3.63, 3.8) is 0 Å². The number of hydrazine groups is 1. The highest BCUT2D eigenvalue weighted by Crippen LogP contribution is 2.40. The van der Waals surface area contributed by atoms with Gasteiger partial charge in [-0.1, -0.05) is 70.4 Å². The van der Waals surface area contributed by atoms with Gasteiger partial charge in [0.25, 0.3) is 0 Å². The minimum atomic E-state index is -1.42. The summed E-state index contributed by atoms with van der Waals surface area (Å²) in [7, 11) is 1.82. The van der Waals surface area contributed by atoms with Gasteiger partial charge in [0.05, 0.1) is 5.92 Å². The van der Waals surface area contributed by atoms with Crippen LogP contribution in [0.5, 0.6) is 0 Å². The number of amides is 2. The van der Waals surface area contributed by atoms with Crippen molar-refractivity contribution in [2.45, 2.75) is 78.2 Å². The zero-order valence-corrected chi connectivity index (χ0v) is 22.7. The fourth-order valence-electron chi connectivity index (χ4n) is 5.39. The van der Waals surface area contributed by atoms with Crippen molar-refractivity contribution in [2.75, 3.05) is 13.7 Å². The van der Waals surface area contributed by atoms with Crippen LogP contribution in [-0.2, 0) is 20.8 Å². The highest BCUT2D eigenvalue weighted by molar-refractivity contribution is 6.09. The van der Waals surface area contributed by atoms with Gasteiger partial charge >= 0.3 is 0 Å². The standard InChI is InChI=1S/C27H44N6O4/c1-5-16-27(26(36)30-28,17-20(6-2)7-3)24(34)23(33-19-32(4)18-29-33)22(25(35)31-37)15-11-14-21-12-9-8-10-13-21/h8-10,12-13,18,20,22-23,37H,5-7,11,14-17,19,28H2,1-4H3,(H,30,36)(H,31,35)/t22-,23+,27?/m0/s1. The number of carbonyl (C=O) groups is 3. The second-order valence-electron chi connectivity index (χ2n) is 10.0. The van der Waals surface area contributed by atoms with Gasteiger partial charge in [-0.25, -0.2) is 11.3 Å². The number of rotatable bonds is 16. The van der Waals surface area contributed by atoms with Crippen molar-refractivity contribution >= 4 is 23.9 Å². The number of benzene rings is 1. The molecule has 1 aromatic carbocycles. The summed E-state index contributed by atoms with van der Waals surface area (Å²) in [6, 6.07) is 8.82. The number of aryl methyl sites for hydroxylation is 1. The third-order valence-electron chi connectivity index (χ3n) is 7.51. The highest BCUT2D eigenvalue weighted by atomic mass is 16.5. The maximum atomic E-state index is 14.6. The number of hydroxylamine groups is 1. The quantitative estimate of drug-likeness (QED) is 0.0870. The van der Waals surface area contributed by atoms with Crippen molar-refractivity contribution in [1.29, 1.82) is 0 Å². The Morgan fingerprint density at radius 2 is 1.84 bits per heavy atom. The summed E-state index contributed by atoms with van der Waals surface area (Å²) in [5, 5.41) is 15.6. The van der Waals surface area contributed by atoms with Crippen LogP contribution < -0.4 is 16.7 Å². The van der Waals surface area contributed by atoms with E-state index in [0.717, 1.165) is 18.4 Å². The summed E-state index contributed by atoms with van der Waals surface area (Å²) in [5.41, 5.74) is 3.71. The van der Waals surface area contributed by atoms with Gasteiger partial charge in [0.2, 0.25) is 11.8 Å². The molecule has 2 amide bonds. The Hall–Kier alpha value is -2.98. The van der Waals surface area contributed by atoms with E-state index in [-0.39, 0.29) is 18.4 Å². The number of Topliss-reactive ketones (excluding diaryl/α,β-unsaturated/α-hetero) is 1. The summed E-state index contributed by atoms with van der Waals surface area (Å²) >= 11 is 0. The molecule has 37 heavy (non-hydrogen) atoms. The number of nitrogens with zero attached hydrogens (tertiary/aromatic N) is 3. The van der Waals surface area contributed by atoms with Crippen LogP contribution >= 0.6 is 0 Å². The average molecular weight is 517 g/mol. The molecule has 1 aliphatic heterocycles. The number of hydrogen-bond acceptors (Lipinski definition) is 8. The monoisotopic (exact) mass is 516 g/mol. The normalized spacial score (nSPS) is 16.4. The maximum Gasteiger partial charge on any atom is 0.249 e. The van der Waals surface area contributed by atoms with Gasteiger partial charge in [0.15, 0.2) is 5.78 Å². The molecule has 10 heteroatoms. The van der Waals surface area contributed by atoms with E-state index >= 15 is 0 Å². The Morgan fingerprint density at radius 3 is 2.35 bits per heavy atom. The Bertz CT molecular complexity index is 907. The molecule has 1 unspecified atom stereocenters. The molecule has 0 bridgehead atoms. The predicted octanol–water partition coefficient (Wildman–Crippen LogP) is 2.82. The molecular weight excluding hydrogens is 472 g/mol. The molecule has 0 radical (unpaired) electrons. The van der Waals surface area contributed by atoms with Gasteiger partial charge in [0, 0.05) is 7.05 Å². The number of nitrogens with one attached hydrogen (secondary N) is 2. The lowest BCUT2D eigenvalue weighted by molar-refractivity contribution is -0.153. The molecule has 0 saturated heterocycles. The molecule has 0 fully saturated rings. The molecule has 0 spiro atoms. The molecule has 1 aromatic rings. The molecular formula is C27H44N6O4. The fraction of sp³-hybridized carbons (Fsp3) is 0.630. The van der Waals surface area contributed by atoms with E-state index in [2.05, 4.69) is 10.5 Å². The van der Waals surface area contributed by atoms with E-state index in [0.29, 0.717) is 38.5 Å². The van der Waals surface area contributed by atoms with E-state index in [1.165, 1.54) is 0 Å². The Kier molecular flexibility index (Phi) is 12.0. The number of hydrogen-bond donors (Lipinski definition) is 4. The van der Waals surface area contributed by atoms with Gasteiger partial charge in [-0.15, -0.1) is 0 Å². The first-order chi connectivity index (χ1) is 17.8. The van der Waals surface area contributed by atoms with Crippen LogP contribution in [-0.4, -0.2) is 58.8 Å². The van der Waals surface area contributed by atoms with Gasteiger partial charge in [-0.2, -0.15) is 5.10 Å². The van der Waals surface area contributed by atoms with Gasteiger partial charge in [0.1, 0.15) is 24.5 Å². The zero-order chi connectivity index (χ0) is 27.4. The van der Waals surface area contributed by atoms with Crippen LogP contribution in [0.2, 0.25) is 0 Å². The number of hydrazone groups is 1. The molecule has 0 saturated carbocycles. The lowest BCUT2D eigenvalue weighted by Gasteiger charge is -2.40. The summed E-state index contributed by atoms with van der Waals surface area (Å²) in [4.78, 5) is 42.9. The first-order valence-electron chi connectivity index (χ1n) is 13.3. The van der Waals surface area contributed by atoms with Crippen molar-refractivity contribution in [3.8, 4) is 0 Å². The molecule has 0 aromatic heterocycles. The lowest BCUT2D eigenvalue weighted by Crippen LogP contribution is -2.59. The predicted molar refractivity (Wildman–Crippen MR) is 143 cm³/mol. The summed E-state index contributed by atoms with van der Waals surface area (Å²) in [6.07, 6.45) is 6.05. The first-order valence-corrected chi connectivity index (χ1v) is 13.3. The molecule has 10 nitrogen and oxygen atoms in total.